The Morgan fingerprint density at radius 1 is 1.29 bits per heavy atom. The number of rotatable bonds is 5. The first-order valence-electron chi connectivity index (χ1n) is 9.23. The van der Waals surface area contributed by atoms with E-state index < -0.39 is 0 Å². The molecule has 1 aromatic carbocycles. The second-order valence-corrected chi connectivity index (χ2v) is 7.30. The maximum Gasteiger partial charge on any atom is 0.234 e. The van der Waals surface area contributed by atoms with Gasteiger partial charge in [0.25, 0.3) is 0 Å². The number of nitrogens with zero attached hydrogens (tertiary/aromatic N) is 1. The Morgan fingerprint density at radius 3 is 2.88 bits per heavy atom. The van der Waals surface area contributed by atoms with E-state index in [0.29, 0.717) is 25.0 Å². The SMILES string of the molecule is C#CCN(CC(=O)N[C@@H]1CCCC[C@@H]1C)[C@@H]1CCc2ccccc21. The van der Waals surface area contributed by atoms with Crippen molar-refractivity contribution in [3.05, 3.63) is 35.4 Å². The highest BCUT2D eigenvalue weighted by molar-refractivity contribution is 5.78. The second-order valence-electron chi connectivity index (χ2n) is 7.30. The Bertz CT molecular complexity index is 619. The van der Waals surface area contributed by atoms with Crippen LogP contribution in [0.5, 0.6) is 0 Å². The molecule has 0 bridgehead atoms. The fourth-order valence-corrected chi connectivity index (χ4v) is 4.28. The molecule has 1 amide bonds. The highest BCUT2D eigenvalue weighted by Gasteiger charge is 2.29. The lowest BCUT2D eigenvalue weighted by Gasteiger charge is -2.32. The molecule has 1 N–H and O–H groups in total. The molecule has 3 rings (SSSR count). The number of hydrogen-bond donors (Lipinski definition) is 1. The molecular formula is C21H28N2O. The highest BCUT2D eigenvalue weighted by Crippen LogP contribution is 2.35. The van der Waals surface area contributed by atoms with Crippen molar-refractivity contribution in [1.29, 1.82) is 0 Å². The molecule has 128 valence electrons. The van der Waals surface area contributed by atoms with E-state index in [0.717, 1.165) is 19.3 Å². The van der Waals surface area contributed by atoms with Gasteiger partial charge in [0.1, 0.15) is 0 Å². The molecule has 0 saturated heterocycles. The van der Waals surface area contributed by atoms with E-state index in [-0.39, 0.29) is 11.9 Å². The van der Waals surface area contributed by atoms with Crippen LogP contribution in [-0.2, 0) is 11.2 Å². The van der Waals surface area contributed by atoms with Gasteiger partial charge in [-0.1, -0.05) is 50.0 Å². The van der Waals surface area contributed by atoms with Crippen LogP contribution in [0.1, 0.15) is 56.2 Å². The predicted octanol–water partition coefficient (Wildman–Crippen LogP) is 3.30. The molecule has 2 aliphatic carbocycles. The lowest BCUT2D eigenvalue weighted by Crippen LogP contribution is -2.46. The quantitative estimate of drug-likeness (QED) is 0.843. The molecule has 0 radical (unpaired) electrons. The molecule has 24 heavy (non-hydrogen) atoms. The summed E-state index contributed by atoms with van der Waals surface area (Å²) in [6.07, 6.45) is 12.5. The van der Waals surface area contributed by atoms with Gasteiger partial charge in [-0.25, -0.2) is 0 Å². The third-order valence-corrected chi connectivity index (χ3v) is 5.64. The molecule has 1 aromatic rings. The Morgan fingerprint density at radius 2 is 2.08 bits per heavy atom. The standard InChI is InChI=1S/C21H28N2O/c1-3-14-23(20-13-12-17-9-5-6-10-18(17)20)15-21(24)22-19-11-7-4-8-16(19)2/h1,5-6,9-10,16,19-20H,4,7-8,11-15H2,2H3,(H,22,24)/t16-,19+,20+/m0/s1. The van der Waals surface area contributed by atoms with Crippen LogP contribution in [0.3, 0.4) is 0 Å². The second kappa shape index (κ2) is 7.85. The summed E-state index contributed by atoms with van der Waals surface area (Å²) in [6, 6.07) is 9.13. The monoisotopic (exact) mass is 324 g/mol. The number of fused-ring (bicyclic) bond motifs is 1. The first kappa shape index (κ1) is 17.0. The van der Waals surface area contributed by atoms with Crippen LogP contribution < -0.4 is 5.32 Å². The van der Waals surface area contributed by atoms with E-state index in [1.807, 2.05) is 0 Å². The molecule has 3 heteroatoms. The normalized spacial score (nSPS) is 26.0. The summed E-state index contributed by atoms with van der Waals surface area (Å²) in [5.74, 6) is 3.44. The zero-order valence-corrected chi connectivity index (χ0v) is 14.6. The van der Waals surface area contributed by atoms with Gasteiger partial charge >= 0.3 is 0 Å². The number of aryl methyl sites for hydroxylation is 1. The molecule has 0 spiro atoms. The summed E-state index contributed by atoms with van der Waals surface area (Å²) < 4.78 is 0. The molecule has 0 heterocycles. The topological polar surface area (TPSA) is 32.3 Å². The minimum atomic E-state index is 0.119. The van der Waals surface area contributed by atoms with Gasteiger partial charge in [0.15, 0.2) is 0 Å². The molecule has 0 aliphatic heterocycles. The van der Waals surface area contributed by atoms with E-state index in [1.54, 1.807) is 0 Å². The number of hydrogen-bond acceptors (Lipinski definition) is 2. The van der Waals surface area contributed by atoms with Crippen molar-refractivity contribution in [3.63, 3.8) is 0 Å². The van der Waals surface area contributed by atoms with Crippen LogP contribution in [-0.4, -0.2) is 29.9 Å². The van der Waals surface area contributed by atoms with Crippen molar-refractivity contribution < 1.29 is 4.79 Å². The summed E-state index contributed by atoms with van der Waals surface area (Å²) in [5.41, 5.74) is 2.73. The number of nitrogens with one attached hydrogen (secondary N) is 1. The minimum Gasteiger partial charge on any atom is -0.352 e. The predicted molar refractivity (Wildman–Crippen MR) is 97.5 cm³/mol. The Kier molecular flexibility index (Phi) is 5.58. The van der Waals surface area contributed by atoms with Gasteiger partial charge in [-0.05, 0) is 42.7 Å². The number of carbonyl (C=O) groups excluding carboxylic acids is 1. The van der Waals surface area contributed by atoms with Crippen molar-refractivity contribution in [3.8, 4) is 12.3 Å². The molecule has 3 nitrogen and oxygen atoms in total. The van der Waals surface area contributed by atoms with Crippen LogP contribution in [0.25, 0.3) is 0 Å². The maximum absolute atomic E-state index is 12.6. The van der Waals surface area contributed by atoms with E-state index in [4.69, 9.17) is 6.42 Å². The summed E-state index contributed by atoms with van der Waals surface area (Å²) in [7, 11) is 0. The van der Waals surface area contributed by atoms with Crippen molar-refractivity contribution in [2.45, 2.75) is 57.5 Å². The molecule has 3 atom stereocenters. The van der Waals surface area contributed by atoms with Crippen molar-refractivity contribution in [2.24, 2.45) is 5.92 Å². The van der Waals surface area contributed by atoms with Crippen molar-refractivity contribution in [2.75, 3.05) is 13.1 Å². The average molecular weight is 324 g/mol. The van der Waals surface area contributed by atoms with Crippen molar-refractivity contribution in [1.82, 2.24) is 10.2 Å². The van der Waals surface area contributed by atoms with Gasteiger partial charge < -0.3 is 5.32 Å². The smallest absolute Gasteiger partial charge is 0.234 e. The summed E-state index contributed by atoms with van der Waals surface area (Å²) in [6.45, 7) is 3.16. The molecule has 0 aromatic heterocycles. The Hall–Kier alpha value is -1.79. The van der Waals surface area contributed by atoms with E-state index in [2.05, 4.69) is 47.3 Å². The maximum atomic E-state index is 12.6. The fraction of sp³-hybridized carbons (Fsp3) is 0.571. The van der Waals surface area contributed by atoms with Gasteiger partial charge in [0, 0.05) is 12.1 Å². The highest BCUT2D eigenvalue weighted by atomic mass is 16.2. The van der Waals surface area contributed by atoms with E-state index in [9.17, 15) is 4.79 Å². The zero-order chi connectivity index (χ0) is 16.9. The van der Waals surface area contributed by atoms with Gasteiger partial charge in [0.2, 0.25) is 5.91 Å². The molecule has 1 saturated carbocycles. The summed E-state index contributed by atoms with van der Waals surface area (Å²) >= 11 is 0. The largest absolute Gasteiger partial charge is 0.352 e. The molecule has 1 fully saturated rings. The van der Waals surface area contributed by atoms with Crippen molar-refractivity contribution >= 4 is 5.91 Å². The number of benzene rings is 1. The number of carbonyl (C=O) groups is 1. The summed E-state index contributed by atoms with van der Waals surface area (Å²) in [5, 5.41) is 3.26. The first-order valence-corrected chi connectivity index (χ1v) is 9.23. The van der Waals surface area contributed by atoms with Crippen LogP contribution in [0.4, 0.5) is 0 Å². The fourth-order valence-electron chi connectivity index (χ4n) is 4.28. The molecular weight excluding hydrogens is 296 g/mol. The lowest BCUT2D eigenvalue weighted by molar-refractivity contribution is -0.124. The Balaban J connectivity index is 1.64. The van der Waals surface area contributed by atoms with Gasteiger partial charge in [0.05, 0.1) is 13.1 Å². The van der Waals surface area contributed by atoms with E-state index in [1.165, 1.54) is 30.4 Å². The number of terminal acetylenes is 1. The van der Waals surface area contributed by atoms with Crippen LogP contribution in [0.15, 0.2) is 24.3 Å². The zero-order valence-electron chi connectivity index (χ0n) is 14.6. The van der Waals surface area contributed by atoms with Gasteiger partial charge in [-0.15, -0.1) is 6.42 Å². The third-order valence-electron chi connectivity index (χ3n) is 5.64. The average Bonchev–Trinajstić information content (AvgIpc) is 3.00. The lowest BCUT2D eigenvalue weighted by atomic mass is 9.86. The Labute approximate surface area is 145 Å². The summed E-state index contributed by atoms with van der Waals surface area (Å²) in [4.78, 5) is 14.8. The van der Waals surface area contributed by atoms with Gasteiger partial charge in [-0.3, -0.25) is 9.69 Å². The first-order chi connectivity index (χ1) is 11.7. The molecule has 2 aliphatic rings. The van der Waals surface area contributed by atoms with E-state index >= 15 is 0 Å². The van der Waals surface area contributed by atoms with Crippen LogP contribution in [0, 0.1) is 18.3 Å². The van der Waals surface area contributed by atoms with Crippen LogP contribution in [0.2, 0.25) is 0 Å². The molecule has 0 unspecified atom stereocenters. The van der Waals surface area contributed by atoms with Crippen LogP contribution >= 0.6 is 0 Å². The minimum absolute atomic E-state index is 0.119. The van der Waals surface area contributed by atoms with Gasteiger partial charge in [-0.2, -0.15) is 0 Å². The third kappa shape index (κ3) is 3.82. The number of amides is 1.